The van der Waals surface area contributed by atoms with Gasteiger partial charge in [-0.25, -0.2) is 0 Å². The summed E-state index contributed by atoms with van der Waals surface area (Å²) in [5.41, 5.74) is 14.7. The van der Waals surface area contributed by atoms with Gasteiger partial charge in [-0.2, -0.15) is 0 Å². The number of nitrogens with one attached hydrogen (secondary N) is 1. The highest BCUT2D eigenvalue weighted by molar-refractivity contribution is 5.82. The maximum absolute atomic E-state index is 12.0. The summed E-state index contributed by atoms with van der Waals surface area (Å²) in [7, 11) is 0. The zero-order chi connectivity index (χ0) is 20.2. The van der Waals surface area contributed by atoms with Crippen LogP contribution in [-0.4, -0.2) is 36.3 Å². The van der Waals surface area contributed by atoms with Gasteiger partial charge in [0.05, 0.1) is 6.04 Å². The number of hydrogen-bond donors (Lipinski definition) is 3. The van der Waals surface area contributed by atoms with Crippen molar-refractivity contribution in [1.29, 1.82) is 0 Å². The van der Waals surface area contributed by atoms with Crippen molar-refractivity contribution >= 4 is 12.3 Å². The molecule has 0 radical (unpaired) electrons. The molecule has 2 amide bonds. The van der Waals surface area contributed by atoms with E-state index in [1.54, 1.807) is 0 Å². The Hall–Kier alpha value is -2.70. The van der Waals surface area contributed by atoms with E-state index in [4.69, 9.17) is 11.5 Å². The first-order valence-corrected chi connectivity index (χ1v) is 9.67. The summed E-state index contributed by atoms with van der Waals surface area (Å²) >= 11 is 0. The zero-order valence-electron chi connectivity index (χ0n) is 16.2. The topological polar surface area (TPSA) is 101 Å². The van der Waals surface area contributed by atoms with Crippen molar-refractivity contribution in [2.24, 2.45) is 11.5 Å². The fourth-order valence-corrected chi connectivity index (χ4v) is 3.15. The van der Waals surface area contributed by atoms with E-state index in [1.165, 1.54) is 0 Å². The molecule has 6 nitrogen and oxygen atoms in total. The summed E-state index contributed by atoms with van der Waals surface area (Å²) in [6.45, 7) is 2.86. The van der Waals surface area contributed by atoms with Crippen LogP contribution in [0.4, 0.5) is 0 Å². The van der Waals surface area contributed by atoms with E-state index < -0.39 is 0 Å². The van der Waals surface area contributed by atoms with Crippen LogP contribution in [0.1, 0.15) is 29.5 Å². The van der Waals surface area contributed by atoms with Crippen LogP contribution in [-0.2, 0) is 29.1 Å². The average Bonchev–Trinajstić information content (AvgIpc) is 3.28. The maximum atomic E-state index is 12.0. The standard InChI is InChI=1S/C13H18N2O.C9H12N2O/c14-12(10-11-6-2-1-3-7-11)13(16)15-8-4-5-9-15;10-5-8-2-1-3-9(4-8)6-11-7-12/h1-3,6-7,12H,4-5,8-10,14H2;1-4,7H,5-6,10H2,(H,11,12). The molecular formula is C22H30N4O2. The molecule has 2 aromatic rings. The molecule has 6 heteroatoms. The zero-order valence-corrected chi connectivity index (χ0v) is 16.2. The lowest BCUT2D eigenvalue weighted by Gasteiger charge is -2.20. The maximum Gasteiger partial charge on any atom is 0.239 e. The van der Waals surface area contributed by atoms with Crippen LogP contribution in [0.3, 0.4) is 0 Å². The predicted molar refractivity (Wildman–Crippen MR) is 111 cm³/mol. The monoisotopic (exact) mass is 382 g/mol. The van der Waals surface area contributed by atoms with Crippen LogP contribution in [0.5, 0.6) is 0 Å². The Morgan fingerprint density at radius 3 is 2.32 bits per heavy atom. The van der Waals surface area contributed by atoms with Crippen LogP contribution >= 0.6 is 0 Å². The van der Waals surface area contributed by atoms with Crippen LogP contribution in [0, 0.1) is 0 Å². The Kier molecular flexibility index (Phi) is 9.18. The van der Waals surface area contributed by atoms with Crippen LogP contribution in [0.15, 0.2) is 54.6 Å². The van der Waals surface area contributed by atoms with Crippen molar-refractivity contribution in [3.8, 4) is 0 Å². The highest BCUT2D eigenvalue weighted by Crippen LogP contribution is 2.10. The normalized spacial score (nSPS) is 14.0. The fourth-order valence-electron chi connectivity index (χ4n) is 3.15. The molecule has 0 aliphatic carbocycles. The molecule has 1 aliphatic rings. The second-order valence-corrected chi connectivity index (χ2v) is 6.85. The number of carbonyl (C=O) groups is 2. The second kappa shape index (κ2) is 11.9. The van der Waals surface area contributed by atoms with E-state index in [0.29, 0.717) is 25.9 Å². The highest BCUT2D eigenvalue weighted by atomic mass is 16.2. The molecule has 1 saturated heterocycles. The van der Waals surface area contributed by atoms with Gasteiger partial charge in [-0.05, 0) is 36.0 Å². The van der Waals surface area contributed by atoms with E-state index >= 15 is 0 Å². The first-order chi connectivity index (χ1) is 13.6. The Morgan fingerprint density at radius 1 is 1.04 bits per heavy atom. The highest BCUT2D eigenvalue weighted by Gasteiger charge is 2.23. The van der Waals surface area contributed by atoms with Gasteiger partial charge in [0.15, 0.2) is 0 Å². The van der Waals surface area contributed by atoms with Gasteiger partial charge in [-0.15, -0.1) is 0 Å². The number of hydrogen-bond acceptors (Lipinski definition) is 4. The second-order valence-electron chi connectivity index (χ2n) is 6.85. The molecule has 0 aromatic heterocycles. The third-order valence-electron chi connectivity index (χ3n) is 4.65. The van der Waals surface area contributed by atoms with Gasteiger partial charge < -0.3 is 21.7 Å². The summed E-state index contributed by atoms with van der Waals surface area (Å²) in [4.78, 5) is 23.8. The van der Waals surface area contributed by atoms with Crippen molar-refractivity contribution < 1.29 is 9.59 Å². The minimum atomic E-state index is -0.388. The number of likely N-dealkylation sites (tertiary alicyclic amines) is 1. The fraction of sp³-hybridized carbons (Fsp3) is 0.364. The summed E-state index contributed by atoms with van der Waals surface area (Å²) in [6, 6.07) is 17.4. The Morgan fingerprint density at radius 2 is 1.68 bits per heavy atom. The minimum absolute atomic E-state index is 0.0985. The number of nitrogens with two attached hydrogens (primary N) is 2. The molecule has 1 unspecified atom stereocenters. The lowest BCUT2D eigenvalue weighted by atomic mass is 10.1. The van der Waals surface area contributed by atoms with E-state index in [0.717, 1.165) is 42.6 Å². The number of benzene rings is 2. The Labute approximate surface area is 166 Å². The quantitative estimate of drug-likeness (QED) is 0.633. The van der Waals surface area contributed by atoms with E-state index in [-0.39, 0.29) is 11.9 Å². The summed E-state index contributed by atoms with van der Waals surface area (Å²) in [5, 5.41) is 2.59. The van der Waals surface area contributed by atoms with Crippen LogP contribution in [0.2, 0.25) is 0 Å². The van der Waals surface area contributed by atoms with E-state index in [9.17, 15) is 9.59 Å². The van der Waals surface area contributed by atoms with Crippen LogP contribution < -0.4 is 16.8 Å². The molecule has 3 rings (SSSR count). The van der Waals surface area contributed by atoms with Crippen molar-refractivity contribution in [2.45, 2.75) is 38.4 Å². The third kappa shape index (κ3) is 7.13. The molecule has 1 fully saturated rings. The molecular weight excluding hydrogens is 352 g/mol. The Balaban J connectivity index is 0.000000209. The molecule has 1 aliphatic heterocycles. The Bertz CT molecular complexity index is 730. The first-order valence-electron chi connectivity index (χ1n) is 9.67. The largest absolute Gasteiger partial charge is 0.355 e. The SMILES string of the molecule is NC(Cc1ccccc1)C(=O)N1CCCC1.NCc1cccc(CNC=O)c1. The van der Waals surface area contributed by atoms with Crippen molar-refractivity contribution in [3.63, 3.8) is 0 Å². The molecule has 150 valence electrons. The third-order valence-corrected chi connectivity index (χ3v) is 4.65. The number of amides is 2. The molecule has 28 heavy (non-hydrogen) atoms. The van der Waals surface area contributed by atoms with Crippen molar-refractivity contribution in [2.75, 3.05) is 13.1 Å². The predicted octanol–water partition coefficient (Wildman–Crippen LogP) is 1.57. The molecule has 0 saturated carbocycles. The summed E-state index contributed by atoms with van der Waals surface area (Å²) in [6.07, 6.45) is 3.55. The van der Waals surface area contributed by atoms with Crippen molar-refractivity contribution in [3.05, 3.63) is 71.3 Å². The summed E-state index contributed by atoms with van der Waals surface area (Å²) < 4.78 is 0. The molecule has 1 atom stereocenters. The van der Waals surface area contributed by atoms with Gasteiger partial charge in [-0.3, -0.25) is 9.59 Å². The van der Waals surface area contributed by atoms with Crippen LogP contribution in [0.25, 0.3) is 0 Å². The van der Waals surface area contributed by atoms with Gasteiger partial charge in [0.1, 0.15) is 0 Å². The average molecular weight is 383 g/mol. The number of rotatable bonds is 7. The first kappa shape index (κ1) is 21.6. The van der Waals surface area contributed by atoms with Gasteiger partial charge in [0.25, 0.3) is 0 Å². The molecule has 0 bridgehead atoms. The van der Waals surface area contributed by atoms with Gasteiger partial charge in [-0.1, -0.05) is 54.6 Å². The van der Waals surface area contributed by atoms with Gasteiger partial charge >= 0.3 is 0 Å². The molecule has 1 heterocycles. The van der Waals surface area contributed by atoms with E-state index in [2.05, 4.69) is 5.32 Å². The molecule has 2 aromatic carbocycles. The summed E-state index contributed by atoms with van der Waals surface area (Å²) in [5.74, 6) is 0.0985. The molecule has 5 N–H and O–H groups in total. The molecule has 0 spiro atoms. The smallest absolute Gasteiger partial charge is 0.239 e. The minimum Gasteiger partial charge on any atom is -0.355 e. The lowest BCUT2D eigenvalue weighted by Crippen LogP contribution is -2.43. The van der Waals surface area contributed by atoms with Gasteiger partial charge in [0, 0.05) is 26.2 Å². The van der Waals surface area contributed by atoms with Crippen molar-refractivity contribution in [1.82, 2.24) is 10.2 Å². The number of nitrogens with zero attached hydrogens (tertiary/aromatic N) is 1. The number of carbonyl (C=O) groups excluding carboxylic acids is 2. The van der Waals surface area contributed by atoms with Gasteiger partial charge in [0.2, 0.25) is 12.3 Å². The lowest BCUT2D eigenvalue weighted by molar-refractivity contribution is -0.131. The van der Waals surface area contributed by atoms with E-state index in [1.807, 2.05) is 59.5 Å².